The van der Waals surface area contributed by atoms with E-state index in [9.17, 15) is 4.79 Å². The van der Waals surface area contributed by atoms with Gasteiger partial charge in [0.2, 0.25) is 0 Å². The summed E-state index contributed by atoms with van der Waals surface area (Å²) in [6.07, 6.45) is 1.99. The Labute approximate surface area is 157 Å². The van der Waals surface area contributed by atoms with E-state index in [1.54, 1.807) is 18.9 Å². The number of amides is 1. The molecule has 0 aliphatic carbocycles. The molecule has 1 aliphatic rings. The fraction of sp³-hybridized carbons (Fsp3) is 0.200. The van der Waals surface area contributed by atoms with Gasteiger partial charge in [-0.1, -0.05) is 30.3 Å². The van der Waals surface area contributed by atoms with Gasteiger partial charge in [-0.05, 0) is 49.2 Å². The standard InChI is InChI=1S/C20H21N3O2S/c1-13-17(19(24)22-15-7-5-4-6-8-15)18(23-20(21-13)26-3)14-9-11-16(25-2)12-10-14/h4-12,18H,1-3H3,(H,21,23)(H,22,24)/p+1. The molecular formula is C20H22N3O2S+. The molecule has 3 N–H and O–H groups in total. The lowest BCUT2D eigenvalue weighted by Gasteiger charge is -2.21. The monoisotopic (exact) mass is 368 g/mol. The number of anilines is 1. The zero-order valence-electron chi connectivity index (χ0n) is 15.0. The quantitative estimate of drug-likeness (QED) is 0.773. The van der Waals surface area contributed by atoms with E-state index in [1.165, 1.54) is 0 Å². The van der Waals surface area contributed by atoms with E-state index in [0.29, 0.717) is 5.57 Å². The number of hydrogen-bond donors (Lipinski definition) is 3. The molecule has 1 amide bonds. The van der Waals surface area contributed by atoms with Gasteiger partial charge in [-0.3, -0.25) is 9.79 Å². The molecule has 1 aliphatic heterocycles. The second-order valence-electron chi connectivity index (χ2n) is 5.87. The van der Waals surface area contributed by atoms with Crippen LogP contribution >= 0.6 is 11.8 Å². The third-order valence-corrected chi connectivity index (χ3v) is 4.83. The number of methoxy groups -OCH3 is 1. The van der Waals surface area contributed by atoms with Crippen molar-refractivity contribution in [3.8, 4) is 5.75 Å². The molecule has 134 valence electrons. The predicted molar refractivity (Wildman–Crippen MR) is 106 cm³/mol. The highest BCUT2D eigenvalue weighted by Crippen LogP contribution is 2.25. The third-order valence-electron chi connectivity index (χ3n) is 4.20. The van der Waals surface area contributed by atoms with Crippen LogP contribution in [0.25, 0.3) is 0 Å². The minimum absolute atomic E-state index is 0.130. The van der Waals surface area contributed by atoms with E-state index in [-0.39, 0.29) is 11.9 Å². The number of para-hydroxylation sites is 1. The Morgan fingerprint density at radius 2 is 1.85 bits per heavy atom. The molecule has 0 bridgehead atoms. The van der Waals surface area contributed by atoms with Gasteiger partial charge in [0.1, 0.15) is 17.0 Å². The normalized spacial score (nSPS) is 16.6. The van der Waals surface area contributed by atoms with E-state index in [1.807, 2.05) is 67.8 Å². The molecular weight excluding hydrogens is 346 g/mol. The smallest absolute Gasteiger partial charge is 0.309 e. The molecule has 2 aromatic carbocycles. The van der Waals surface area contributed by atoms with E-state index >= 15 is 0 Å². The number of rotatable bonds is 4. The molecule has 6 heteroatoms. The molecule has 3 rings (SSSR count). The van der Waals surface area contributed by atoms with Crippen molar-refractivity contribution < 1.29 is 14.5 Å². The van der Waals surface area contributed by atoms with Crippen LogP contribution in [0.2, 0.25) is 0 Å². The second kappa shape index (κ2) is 8.10. The van der Waals surface area contributed by atoms with Crippen LogP contribution in [0, 0.1) is 0 Å². The number of benzene rings is 2. The van der Waals surface area contributed by atoms with Gasteiger partial charge < -0.3 is 10.1 Å². The summed E-state index contributed by atoms with van der Waals surface area (Å²) in [5.41, 5.74) is 3.27. The van der Waals surface area contributed by atoms with Crippen molar-refractivity contribution in [1.29, 1.82) is 0 Å². The predicted octanol–water partition coefficient (Wildman–Crippen LogP) is 2.05. The van der Waals surface area contributed by atoms with E-state index in [2.05, 4.69) is 15.6 Å². The Balaban J connectivity index is 1.95. The highest BCUT2D eigenvalue weighted by atomic mass is 32.2. The van der Waals surface area contributed by atoms with Crippen LogP contribution in [0.15, 0.2) is 65.9 Å². The van der Waals surface area contributed by atoms with Crippen molar-refractivity contribution in [1.82, 2.24) is 5.32 Å². The lowest BCUT2D eigenvalue weighted by Crippen LogP contribution is -2.79. The summed E-state index contributed by atoms with van der Waals surface area (Å²) in [6, 6.07) is 17.0. The molecule has 1 unspecified atom stereocenters. The van der Waals surface area contributed by atoms with Crippen LogP contribution in [0.3, 0.4) is 0 Å². The zero-order chi connectivity index (χ0) is 18.5. The zero-order valence-corrected chi connectivity index (χ0v) is 15.8. The Hall–Kier alpha value is -2.73. The lowest BCUT2D eigenvalue weighted by molar-refractivity contribution is -0.498. The summed E-state index contributed by atoms with van der Waals surface area (Å²) in [5, 5.41) is 7.16. The van der Waals surface area contributed by atoms with Crippen molar-refractivity contribution >= 4 is 28.5 Å². The largest absolute Gasteiger partial charge is 0.497 e. The van der Waals surface area contributed by atoms with Gasteiger partial charge in [0.25, 0.3) is 5.91 Å². The molecule has 26 heavy (non-hydrogen) atoms. The average molecular weight is 368 g/mol. The minimum Gasteiger partial charge on any atom is -0.497 e. The first-order valence-corrected chi connectivity index (χ1v) is 9.50. The highest BCUT2D eigenvalue weighted by Gasteiger charge is 2.33. The Bertz CT molecular complexity index is 845. The number of carbonyl (C=O) groups is 1. The highest BCUT2D eigenvalue weighted by molar-refractivity contribution is 8.12. The molecule has 0 saturated carbocycles. The van der Waals surface area contributed by atoms with Crippen molar-refractivity contribution in [3.63, 3.8) is 0 Å². The third kappa shape index (κ3) is 3.91. The number of ether oxygens (including phenoxy) is 1. The van der Waals surface area contributed by atoms with Gasteiger partial charge in [0, 0.05) is 11.3 Å². The van der Waals surface area contributed by atoms with Crippen LogP contribution in [0.1, 0.15) is 18.5 Å². The molecule has 1 atom stereocenters. The Morgan fingerprint density at radius 1 is 1.15 bits per heavy atom. The molecule has 0 spiro atoms. The van der Waals surface area contributed by atoms with Crippen LogP contribution in [0.5, 0.6) is 5.75 Å². The summed E-state index contributed by atoms with van der Waals surface area (Å²) in [4.78, 5) is 16.4. The number of nitrogens with one attached hydrogen (secondary N) is 3. The van der Waals surface area contributed by atoms with Gasteiger partial charge in [-0.15, -0.1) is 0 Å². The van der Waals surface area contributed by atoms with Crippen molar-refractivity contribution in [2.75, 3.05) is 18.7 Å². The molecule has 1 heterocycles. The summed E-state index contributed by atoms with van der Waals surface area (Å²) in [6.45, 7) is 1.92. The first-order valence-electron chi connectivity index (χ1n) is 8.28. The molecule has 0 saturated heterocycles. The molecule has 5 nitrogen and oxygen atoms in total. The van der Waals surface area contributed by atoms with Gasteiger partial charge >= 0.3 is 5.17 Å². The topological polar surface area (TPSA) is 64.3 Å². The molecule has 0 aromatic heterocycles. The Kier molecular flexibility index (Phi) is 5.63. The molecule has 0 radical (unpaired) electrons. The second-order valence-corrected chi connectivity index (χ2v) is 6.68. The van der Waals surface area contributed by atoms with Crippen molar-refractivity contribution in [3.05, 3.63) is 71.4 Å². The first kappa shape index (κ1) is 18.1. The van der Waals surface area contributed by atoms with Gasteiger partial charge in [-0.25, -0.2) is 5.32 Å². The van der Waals surface area contributed by atoms with Crippen LogP contribution in [-0.4, -0.2) is 24.4 Å². The number of thioether (sulfide) groups is 1. The van der Waals surface area contributed by atoms with Gasteiger partial charge in [0.05, 0.1) is 7.11 Å². The summed E-state index contributed by atoms with van der Waals surface area (Å²) in [5.74, 6) is 0.655. The summed E-state index contributed by atoms with van der Waals surface area (Å²) < 4.78 is 5.24. The van der Waals surface area contributed by atoms with E-state index < -0.39 is 0 Å². The average Bonchev–Trinajstić information content (AvgIpc) is 2.68. The lowest BCUT2D eigenvalue weighted by atomic mass is 9.95. The number of allylic oxidation sites excluding steroid dienone is 1. The van der Waals surface area contributed by atoms with E-state index in [0.717, 1.165) is 27.9 Å². The fourth-order valence-electron chi connectivity index (χ4n) is 2.87. The fourth-order valence-corrected chi connectivity index (χ4v) is 3.36. The minimum atomic E-state index is -0.242. The first-order chi connectivity index (χ1) is 12.6. The maximum Gasteiger partial charge on any atom is 0.309 e. The SMILES string of the molecule is COc1ccc(C2[NH+]=C(SC)NC(C)=C2C(=O)Nc2ccccc2)cc1. The number of carbonyl (C=O) groups excluding carboxylic acids is 1. The maximum atomic E-state index is 13.0. The number of hydrogen-bond acceptors (Lipinski definition) is 4. The Morgan fingerprint density at radius 3 is 2.46 bits per heavy atom. The van der Waals surface area contributed by atoms with E-state index in [4.69, 9.17) is 4.74 Å². The summed E-state index contributed by atoms with van der Waals surface area (Å²) in [7, 11) is 1.64. The molecule has 0 fully saturated rings. The van der Waals surface area contributed by atoms with Crippen LogP contribution in [-0.2, 0) is 4.79 Å². The van der Waals surface area contributed by atoms with Crippen molar-refractivity contribution in [2.24, 2.45) is 0 Å². The van der Waals surface area contributed by atoms with Gasteiger partial charge in [0.15, 0.2) is 6.04 Å². The number of amidine groups is 1. The van der Waals surface area contributed by atoms with Crippen LogP contribution < -0.4 is 20.4 Å². The summed E-state index contributed by atoms with van der Waals surface area (Å²) >= 11 is 1.58. The molecule has 2 aromatic rings. The van der Waals surface area contributed by atoms with Crippen LogP contribution in [0.4, 0.5) is 5.69 Å². The maximum absolute atomic E-state index is 13.0. The van der Waals surface area contributed by atoms with Crippen molar-refractivity contribution in [2.45, 2.75) is 13.0 Å². The van der Waals surface area contributed by atoms with Gasteiger partial charge in [-0.2, -0.15) is 0 Å².